The highest BCUT2D eigenvalue weighted by molar-refractivity contribution is 7.07. The van der Waals surface area contributed by atoms with Crippen LogP contribution in [0.15, 0.2) is 10.9 Å². The number of hydrogen-bond acceptors (Lipinski definition) is 5. The summed E-state index contributed by atoms with van der Waals surface area (Å²) in [4.78, 5) is 21.4. The number of hydrogen-bond donors (Lipinski definition) is 0. The van der Waals surface area contributed by atoms with Crippen LogP contribution in [-0.2, 0) is 4.74 Å². The Hall–Kier alpha value is -0.980. The second-order valence-corrected chi connectivity index (χ2v) is 7.03. The third-order valence-corrected chi connectivity index (χ3v) is 5.71. The van der Waals surface area contributed by atoms with Gasteiger partial charge in [0.2, 0.25) is 0 Å². The highest BCUT2D eigenvalue weighted by atomic mass is 32.1. The minimum Gasteiger partial charge on any atom is -0.381 e. The Balaban J connectivity index is 1.42. The Morgan fingerprint density at radius 1 is 1.33 bits per heavy atom. The lowest BCUT2D eigenvalue weighted by atomic mass is 10.1. The molecule has 114 valence electrons. The highest BCUT2D eigenvalue weighted by Crippen LogP contribution is 2.33. The summed E-state index contributed by atoms with van der Waals surface area (Å²) in [6.07, 6.45) is 3.40. The molecule has 0 unspecified atom stereocenters. The molecule has 0 spiro atoms. The number of fused-ring (bicyclic) bond motifs is 1. The zero-order chi connectivity index (χ0) is 14.2. The number of rotatable bonds is 3. The molecule has 6 heteroatoms. The van der Waals surface area contributed by atoms with Crippen LogP contribution in [0.1, 0.15) is 29.8 Å². The molecular weight excluding hydrogens is 286 g/mol. The first-order valence-corrected chi connectivity index (χ1v) is 8.78. The number of carbonyl (C=O) groups excluding carboxylic acids is 1. The van der Waals surface area contributed by atoms with Gasteiger partial charge in [-0.15, -0.1) is 11.3 Å². The van der Waals surface area contributed by atoms with Crippen LogP contribution in [0.5, 0.6) is 0 Å². The van der Waals surface area contributed by atoms with Crippen LogP contribution >= 0.6 is 11.3 Å². The fourth-order valence-corrected chi connectivity index (χ4v) is 4.60. The first-order valence-electron chi connectivity index (χ1n) is 7.84. The van der Waals surface area contributed by atoms with Gasteiger partial charge in [-0.25, -0.2) is 4.98 Å². The summed E-state index contributed by atoms with van der Waals surface area (Å²) in [7, 11) is 0. The van der Waals surface area contributed by atoms with Crippen molar-refractivity contribution in [3.8, 4) is 0 Å². The number of carbonyl (C=O) groups is 1. The van der Waals surface area contributed by atoms with Gasteiger partial charge in [-0.2, -0.15) is 0 Å². The topological polar surface area (TPSA) is 45.7 Å². The Morgan fingerprint density at radius 2 is 2.24 bits per heavy atom. The maximum absolute atomic E-state index is 12.5. The summed E-state index contributed by atoms with van der Waals surface area (Å²) in [5, 5.41) is 1.86. The van der Waals surface area contributed by atoms with E-state index in [2.05, 4.69) is 14.8 Å². The second kappa shape index (κ2) is 5.66. The predicted octanol–water partition coefficient (Wildman–Crippen LogP) is 1.47. The molecule has 0 aromatic carbocycles. The van der Waals surface area contributed by atoms with Gasteiger partial charge in [-0.05, 0) is 25.2 Å². The van der Waals surface area contributed by atoms with Crippen LogP contribution < -0.4 is 0 Å². The molecule has 0 bridgehead atoms. The van der Waals surface area contributed by atoms with Crippen molar-refractivity contribution in [3.63, 3.8) is 0 Å². The molecule has 1 amide bonds. The number of nitrogens with zero attached hydrogens (tertiary/aromatic N) is 3. The van der Waals surface area contributed by atoms with E-state index < -0.39 is 0 Å². The van der Waals surface area contributed by atoms with Gasteiger partial charge in [0.25, 0.3) is 5.91 Å². The molecule has 1 aromatic heterocycles. The molecule has 0 aliphatic carbocycles. The van der Waals surface area contributed by atoms with Crippen molar-refractivity contribution >= 4 is 17.2 Å². The van der Waals surface area contributed by atoms with Crippen molar-refractivity contribution in [2.75, 3.05) is 32.8 Å². The number of amides is 1. The van der Waals surface area contributed by atoms with E-state index in [1.165, 1.54) is 17.8 Å². The molecular formula is C15H21N3O2S. The first-order chi connectivity index (χ1) is 10.3. The van der Waals surface area contributed by atoms with Gasteiger partial charge >= 0.3 is 0 Å². The zero-order valence-corrected chi connectivity index (χ0v) is 12.9. The Bertz CT molecular complexity index is 501. The summed E-state index contributed by atoms with van der Waals surface area (Å²) < 4.78 is 5.49. The van der Waals surface area contributed by atoms with Gasteiger partial charge in [-0.1, -0.05) is 0 Å². The number of thiazole rings is 1. The normalized spacial score (nSPS) is 32.8. The van der Waals surface area contributed by atoms with E-state index in [4.69, 9.17) is 4.74 Å². The SMILES string of the molecule is O=C(c1cscn1)N1CC[C@@H]2[C@@H]1CCN2C[C@@H]1CCOC1. The molecule has 4 heterocycles. The maximum Gasteiger partial charge on any atom is 0.273 e. The van der Waals surface area contributed by atoms with Crippen molar-refractivity contribution in [1.29, 1.82) is 0 Å². The molecule has 3 aliphatic rings. The van der Waals surface area contributed by atoms with E-state index in [1.807, 2.05) is 5.38 Å². The van der Waals surface area contributed by atoms with Crippen molar-refractivity contribution < 1.29 is 9.53 Å². The smallest absolute Gasteiger partial charge is 0.273 e. The molecule has 0 N–H and O–H groups in total. The molecule has 21 heavy (non-hydrogen) atoms. The molecule has 3 atom stereocenters. The number of ether oxygens (including phenoxy) is 1. The summed E-state index contributed by atoms with van der Waals surface area (Å²) in [6, 6.07) is 0.940. The molecule has 5 nitrogen and oxygen atoms in total. The third-order valence-electron chi connectivity index (χ3n) is 5.12. The van der Waals surface area contributed by atoms with E-state index in [-0.39, 0.29) is 5.91 Å². The average Bonchev–Trinajstić information content (AvgIpc) is 3.26. The molecule has 3 saturated heterocycles. The quantitative estimate of drug-likeness (QED) is 0.848. The largest absolute Gasteiger partial charge is 0.381 e. The average molecular weight is 307 g/mol. The standard InChI is InChI=1S/C15H21N3O2S/c19-15(12-9-21-10-16-12)18-5-2-13-14(18)1-4-17(13)7-11-3-6-20-8-11/h9-11,13-14H,1-8H2/t11-,13+,14-/m0/s1. The van der Waals surface area contributed by atoms with Crippen LogP contribution in [0.3, 0.4) is 0 Å². The predicted molar refractivity (Wildman–Crippen MR) is 80.5 cm³/mol. The summed E-state index contributed by atoms with van der Waals surface area (Å²) in [5.74, 6) is 0.807. The fourth-order valence-electron chi connectivity index (χ4n) is 4.08. The molecule has 4 rings (SSSR count). The maximum atomic E-state index is 12.5. The Kier molecular flexibility index (Phi) is 3.69. The highest BCUT2D eigenvalue weighted by Gasteiger charge is 2.45. The number of aromatic nitrogens is 1. The van der Waals surface area contributed by atoms with Crippen LogP contribution in [0.4, 0.5) is 0 Å². The van der Waals surface area contributed by atoms with Gasteiger partial charge in [0.05, 0.1) is 12.1 Å². The van der Waals surface area contributed by atoms with Gasteiger partial charge in [0, 0.05) is 43.7 Å². The molecule has 3 aliphatic heterocycles. The monoisotopic (exact) mass is 307 g/mol. The Labute approximate surface area is 128 Å². The van der Waals surface area contributed by atoms with Crippen molar-refractivity contribution in [2.45, 2.75) is 31.3 Å². The lowest BCUT2D eigenvalue weighted by molar-refractivity contribution is 0.0725. The Morgan fingerprint density at radius 3 is 3.00 bits per heavy atom. The van der Waals surface area contributed by atoms with E-state index >= 15 is 0 Å². The lowest BCUT2D eigenvalue weighted by Crippen LogP contribution is -2.41. The minimum atomic E-state index is 0.120. The van der Waals surface area contributed by atoms with E-state index in [9.17, 15) is 4.79 Å². The zero-order valence-electron chi connectivity index (χ0n) is 12.1. The fraction of sp³-hybridized carbons (Fsp3) is 0.733. The van der Waals surface area contributed by atoms with Crippen LogP contribution in [0.25, 0.3) is 0 Å². The third kappa shape index (κ3) is 2.49. The summed E-state index contributed by atoms with van der Waals surface area (Å²) in [5.41, 5.74) is 2.35. The van der Waals surface area contributed by atoms with Crippen molar-refractivity contribution in [1.82, 2.24) is 14.8 Å². The van der Waals surface area contributed by atoms with Gasteiger partial charge in [0.15, 0.2) is 0 Å². The van der Waals surface area contributed by atoms with Gasteiger partial charge < -0.3 is 9.64 Å². The molecule has 1 aromatic rings. The summed E-state index contributed by atoms with van der Waals surface area (Å²) >= 11 is 1.49. The second-order valence-electron chi connectivity index (χ2n) is 6.31. The molecule has 0 radical (unpaired) electrons. The van der Waals surface area contributed by atoms with E-state index in [0.717, 1.165) is 45.7 Å². The van der Waals surface area contributed by atoms with Gasteiger partial charge in [-0.3, -0.25) is 9.69 Å². The van der Waals surface area contributed by atoms with Crippen molar-refractivity contribution in [3.05, 3.63) is 16.6 Å². The summed E-state index contributed by atoms with van der Waals surface area (Å²) in [6.45, 7) is 4.96. The van der Waals surface area contributed by atoms with Crippen LogP contribution in [-0.4, -0.2) is 65.6 Å². The van der Waals surface area contributed by atoms with Crippen LogP contribution in [0.2, 0.25) is 0 Å². The van der Waals surface area contributed by atoms with Crippen molar-refractivity contribution in [2.24, 2.45) is 5.92 Å². The van der Waals surface area contributed by atoms with Crippen LogP contribution in [0, 0.1) is 5.92 Å². The van der Waals surface area contributed by atoms with E-state index in [0.29, 0.717) is 23.7 Å². The lowest BCUT2D eigenvalue weighted by Gasteiger charge is -2.26. The van der Waals surface area contributed by atoms with Gasteiger partial charge in [0.1, 0.15) is 5.69 Å². The molecule has 0 saturated carbocycles. The first kappa shape index (κ1) is 13.7. The number of likely N-dealkylation sites (tertiary alicyclic amines) is 2. The minimum absolute atomic E-state index is 0.120. The molecule has 3 fully saturated rings. The van der Waals surface area contributed by atoms with E-state index in [1.54, 1.807) is 5.51 Å².